The van der Waals surface area contributed by atoms with E-state index in [0.717, 1.165) is 6.07 Å². The Morgan fingerprint density at radius 3 is 2.56 bits per heavy atom. The van der Waals surface area contributed by atoms with Crippen LogP contribution < -0.4 is 0 Å². The first-order valence-electron chi connectivity index (χ1n) is 7.63. The molecule has 9 heteroatoms. The Balaban J connectivity index is 1.87. The molecule has 25 heavy (non-hydrogen) atoms. The third-order valence-corrected chi connectivity index (χ3v) is 3.78. The molecule has 3 heterocycles. The fourth-order valence-electron chi connectivity index (χ4n) is 2.57. The van der Waals surface area contributed by atoms with Gasteiger partial charge in [-0.25, -0.2) is 8.78 Å². The van der Waals surface area contributed by atoms with E-state index in [2.05, 4.69) is 30.7 Å². The van der Waals surface area contributed by atoms with Crippen LogP contribution in [0.3, 0.4) is 0 Å². The molecule has 0 atom stereocenters. The van der Waals surface area contributed by atoms with Crippen LogP contribution >= 0.6 is 0 Å². The monoisotopic (exact) mass is 341 g/mol. The number of H-pyrrole nitrogens is 1. The van der Waals surface area contributed by atoms with E-state index in [0.29, 0.717) is 22.9 Å². The molecule has 0 saturated heterocycles. The minimum absolute atomic E-state index is 0.129. The third-order valence-electron chi connectivity index (χ3n) is 3.78. The van der Waals surface area contributed by atoms with Crippen molar-refractivity contribution in [3.63, 3.8) is 0 Å². The van der Waals surface area contributed by atoms with Crippen molar-refractivity contribution >= 4 is 5.65 Å². The summed E-state index contributed by atoms with van der Waals surface area (Å²) in [5.41, 5.74) is 1.83. The maximum Gasteiger partial charge on any atom is 0.177 e. The van der Waals surface area contributed by atoms with Crippen LogP contribution in [0.5, 0.6) is 0 Å². The Labute approximate surface area is 140 Å². The zero-order chi connectivity index (χ0) is 17.6. The van der Waals surface area contributed by atoms with Gasteiger partial charge in [-0.2, -0.15) is 25.0 Å². The molecule has 1 aromatic carbocycles. The highest BCUT2D eigenvalue weighted by molar-refractivity contribution is 5.76. The van der Waals surface area contributed by atoms with Gasteiger partial charge >= 0.3 is 0 Å². The maximum absolute atomic E-state index is 14.1. The molecule has 0 fully saturated rings. The predicted octanol–water partition coefficient (Wildman–Crippen LogP) is 2.98. The van der Waals surface area contributed by atoms with E-state index in [1.54, 1.807) is 16.6 Å². The lowest BCUT2D eigenvalue weighted by molar-refractivity contribution is 0.585. The van der Waals surface area contributed by atoms with Crippen LogP contribution in [0.2, 0.25) is 0 Å². The molecule has 1 N–H and O–H groups in total. The summed E-state index contributed by atoms with van der Waals surface area (Å²) in [6, 6.07) is 6.76. The Hall–Kier alpha value is -3.23. The van der Waals surface area contributed by atoms with Crippen molar-refractivity contribution in [3.05, 3.63) is 47.8 Å². The molecule has 4 aromatic rings. The number of rotatable bonds is 3. The SMILES string of the molecule is CC(C)c1nnc2ccc(-c3n[nH]nc3-c3ccc(F)cc3F)nn12. The largest absolute Gasteiger partial charge is 0.207 e. The topological polar surface area (TPSA) is 84.6 Å². The lowest BCUT2D eigenvalue weighted by Gasteiger charge is -2.05. The number of nitrogens with zero attached hydrogens (tertiary/aromatic N) is 6. The summed E-state index contributed by atoms with van der Waals surface area (Å²) in [4.78, 5) is 0. The van der Waals surface area contributed by atoms with Crippen molar-refractivity contribution in [1.29, 1.82) is 0 Å². The number of aromatic nitrogens is 7. The van der Waals surface area contributed by atoms with Gasteiger partial charge in [-0.05, 0) is 24.3 Å². The molecule has 7 nitrogen and oxygen atoms in total. The molecule has 0 aliphatic heterocycles. The molecule has 3 aromatic heterocycles. The lowest BCUT2D eigenvalue weighted by atomic mass is 10.1. The average molecular weight is 341 g/mol. The fraction of sp³-hybridized carbons (Fsp3) is 0.188. The number of nitrogens with one attached hydrogen (secondary N) is 1. The van der Waals surface area contributed by atoms with E-state index in [9.17, 15) is 8.78 Å². The molecule has 0 aliphatic carbocycles. The lowest BCUT2D eigenvalue weighted by Crippen LogP contribution is -2.02. The first kappa shape index (κ1) is 15.3. The first-order chi connectivity index (χ1) is 12.0. The highest BCUT2D eigenvalue weighted by Gasteiger charge is 2.19. The Morgan fingerprint density at radius 1 is 1.00 bits per heavy atom. The van der Waals surface area contributed by atoms with Crippen molar-refractivity contribution < 1.29 is 8.78 Å². The number of hydrogen-bond donors (Lipinski definition) is 1. The zero-order valence-electron chi connectivity index (χ0n) is 13.4. The standard InChI is InChI=1S/C16H13F2N7/c1-8(2)16-22-19-13-6-5-12(23-25(13)16)15-14(20-24-21-15)10-4-3-9(17)7-11(10)18/h3-8H,1-2H3,(H,20,21,24). The van der Waals surface area contributed by atoms with E-state index < -0.39 is 11.6 Å². The molecule has 0 spiro atoms. The number of hydrogen-bond acceptors (Lipinski definition) is 5. The molecule has 0 aliphatic rings. The second-order valence-corrected chi connectivity index (χ2v) is 5.85. The Morgan fingerprint density at radius 2 is 1.80 bits per heavy atom. The van der Waals surface area contributed by atoms with Crippen LogP contribution in [0.15, 0.2) is 30.3 Å². The van der Waals surface area contributed by atoms with Crippen LogP contribution in [0, 0.1) is 11.6 Å². The zero-order valence-corrected chi connectivity index (χ0v) is 13.4. The smallest absolute Gasteiger partial charge is 0.177 e. The number of benzene rings is 1. The van der Waals surface area contributed by atoms with Crippen molar-refractivity contribution in [2.75, 3.05) is 0 Å². The average Bonchev–Trinajstić information content (AvgIpc) is 3.20. The van der Waals surface area contributed by atoms with Gasteiger partial charge in [0.15, 0.2) is 11.5 Å². The third kappa shape index (κ3) is 2.53. The summed E-state index contributed by atoms with van der Waals surface area (Å²) in [6.45, 7) is 3.97. The molecule has 0 unspecified atom stereocenters. The molecular weight excluding hydrogens is 328 g/mol. The van der Waals surface area contributed by atoms with Crippen LogP contribution in [0.25, 0.3) is 28.3 Å². The second-order valence-electron chi connectivity index (χ2n) is 5.85. The van der Waals surface area contributed by atoms with Crippen molar-refractivity contribution in [3.8, 4) is 22.6 Å². The van der Waals surface area contributed by atoms with E-state index in [4.69, 9.17) is 0 Å². The van der Waals surface area contributed by atoms with Gasteiger partial charge in [0.25, 0.3) is 0 Å². The van der Waals surface area contributed by atoms with E-state index in [1.807, 2.05) is 13.8 Å². The van der Waals surface area contributed by atoms with Crippen molar-refractivity contribution in [2.24, 2.45) is 0 Å². The van der Waals surface area contributed by atoms with Gasteiger partial charge in [-0.3, -0.25) is 0 Å². The van der Waals surface area contributed by atoms with E-state index >= 15 is 0 Å². The Bertz CT molecular complexity index is 1070. The summed E-state index contributed by atoms with van der Waals surface area (Å²) in [7, 11) is 0. The van der Waals surface area contributed by atoms with E-state index in [1.165, 1.54) is 12.1 Å². The van der Waals surface area contributed by atoms with Crippen molar-refractivity contribution in [1.82, 2.24) is 35.2 Å². The minimum atomic E-state index is -0.719. The molecule has 0 bridgehead atoms. The molecule has 0 saturated carbocycles. The summed E-state index contributed by atoms with van der Waals surface area (Å²) in [5.74, 6) is -0.542. The van der Waals surface area contributed by atoms with Gasteiger partial charge < -0.3 is 0 Å². The maximum atomic E-state index is 14.1. The predicted molar refractivity (Wildman–Crippen MR) is 85.6 cm³/mol. The number of fused-ring (bicyclic) bond motifs is 1. The van der Waals surface area contributed by atoms with Crippen LogP contribution in [-0.4, -0.2) is 35.2 Å². The molecule has 126 valence electrons. The molecular formula is C16H13F2N7. The van der Waals surface area contributed by atoms with Gasteiger partial charge in [0.05, 0.1) is 0 Å². The quantitative estimate of drug-likeness (QED) is 0.619. The molecule has 4 rings (SSSR count). The number of halogens is 2. The van der Waals surface area contributed by atoms with Gasteiger partial charge in [0, 0.05) is 17.5 Å². The highest BCUT2D eigenvalue weighted by Crippen LogP contribution is 2.29. The normalized spacial score (nSPS) is 11.6. The van der Waals surface area contributed by atoms with Crippen LogP contribution in [-0.2, 0) is 0 Å². The van der Waals surface area contributed by atoms with Crippen LogP contribution in [0.1, 0.15) is 25.6 Å². The minimum Gasteiger partial charge on any atom is -0.207 e. The first-order valence-corrected chi connectivity index (χ1v) is 7.63. The van der Waals surface area contributed by atoms with Gasteiger partial charge in [-0.1, -0.05) is 13.8 Å². The van der Waals surface area contributed by atoms with Gasteiger partial charge in [0.1, 0.15) is 28.7 Å². The molecule has 0 amide bonds. The van der Waals surface area contributed by atoms with Crippen LogP contribution in [0.4, 0.5) is 8.78 Å². The van der Waals surface area contributed by atoms with E-state index in [-0.39, 0.29) is 17.2 Å². The summed E-state index contributed by atoms with van der Waals surface area (Å²) < 4.78 is 28.9. The summed E-state index contributed by atoms with van der Waals surface area (Å²) in [5, 5.41) is 23.3. The second kappa shape index (κ2) is 5.69. The van der Waals surface area contributed by atoms with Crippen molar-refractivity contribution in [2.45, 2.75) is 19.8 Å². The highest BCUT2D eigenvalue weighted by atomic mass is 19.1. The fourth-order valence-corrected chi connectivity index (χ4v) is 2.57. The summed E-state index contributed by atoms with van der Waals surface area (Å²) in [6.07, 6.45) is 0. The summed E-state index contributed by atoms with van der Waals surface area (Å²) >= 11 is 0. The Kier molecular flexibility index (Phi) is 3.48. The number of aromatic amines is 1. The van der Waals surface area contributed by atoms with Gasteiger partial charge in [0.2, 0.25) is 0 Å². The van der Waals surface area contributed by atoms with Gasteiger partial charge in [-0.15, -0.1) is 10.2 Å². The molecule has 0 radical (unpaired) electrons.